The molecule has 0 bridgehead atoms. The molecule has 1 aliphatic rings. The summed E-state index contributed by atoms with van der Waals surface area (Å²) in [7, 11) is 0. The molecule has 1 aliphatic carbocycles. The lowest BCUT2D eigenvalue weighted by Crippen LogP contribution is -2.00. The lowest BCUT2D eigenvalue weighted by atomic mass is 10.2. The van der Waals surface area contributed by atoms with Gasteiger partial charge < -0.3 is 5.73 Å². The molecular weight excluding hydrogens is 196 g/mol. The van der Waals surface area contributed by atoms with Crippen molar-refractivity contribution in [1.29, 1.82) is 0 Å². The van der Waals surface area contributed by atoms with E-state index in [1.54, 1.807) is 6.08 Å². The van der Waals surface area contributed by atoms with E-state index in [0.717, 1.165) is 0 Å². The Morgan fingerprint density at radius 3 is 3.07 bits per heavy atom. The van der Waals surface area contributed by atoms with Crippen LogP contribution in [-0.2, 0) is 6.42 Å². The fourth-order valence-corrected chi connectivity index (χ4v) is 1.34. The van der Waals surface area contributed by atoms with Crippen molar-refractivity contribution in [3.05, 3.63) is 45.4 Å². The predicted molar refractivity (Wildman–Crippen MR) is 54.3 cm³/mol. The van der Waals surface area contributed by atoms with Crippen LogP contribution >= 0.6 is 0 Å². The minimum absolute atomic E-state index is 0.0297. The Hall–Kier alpha value is -2.24. The minimum atomic E-state index is -0.443. The van der Waals surface area contributed by atoms with Crippen LogP contribution in [0.3, 0.4) is 0 Å². The van der Waals surface area contributed by atoms with Gasteiger partial charge in [0, 0.05) is 30.3 Å². The van der Waals surface area contributed by atoms with Crippen molar-refractivity contribution in [3.63, 3.8) is 0 Å². The zero-order valence-electron chi connectivity index (χ0n) is 7.75. The van der Waals surface area contributed by atoms with Crippen molar-refractivity contribution in [3.8, 4) is 0 Å². The molecule has 2 rings (SSSR count). The number of nitrogen functional groups attached to an aromatic ring is 1. The van der Waals surface area contributed by atoms with Gasteiger partial charge in [0.05, 0.1) is 10.6 Å². The van der Waals surface area contributed by atoms with Crippen LogP contribution in [0.15, 0.2) is 24.0 Å². The third kappa shape index (κ3) is 1.83. The number of anilines is 1. The Labute approximate surface area is 85.3 Å². The van der Waals surface area contributed by atoms with Crippen molar-refractivity contribution in [2.45, 2.75) is 6.42 Å². The molecule has 0 saturated heterocycles. The van der Waals surface area contributed by atoms with Gasteiger partial charge in [0.25, 0.3) is 5.70 Å². The number of allylic oxidation sites excluding steroid dienone is 2. The second-order valence-electron chi connectivity index (χ2n) is 3.06. The Kier molecular flexibility index (Phi) is 2.17. The van der Waals surface area contributed by atoms with Crippen LogP contribution in [0.2, 0.25) is 0 Å². The number of fused-ring (bicyclic) bond motifs is 1. The maximum Gasteiger partial charge on any atom is 0.269 e. The number of nitrogens with zero attached hydrogens (tertiary/aromatic N) is 3. The third-order valence-corrected chi connectivity index (χ3v) is 2.03. The van der Waals surface area contributed by atoms with Gasteiger partial charge in [-0.3, -0.25) is 10.1 Å². The SMILES string of the molecule is Nc1ncc2c(n1)CC=CC([N+](=O)[O-])=C2. The molecule has 15 heavy (non-hydrogen) atoms. The van der Waals surface area contributed by atoms with E-state index in [1.165, 1.54) is 18.3 Å². The maximum absolute atomic E-state index is 10.6. The molecule has 2 N–H and O–H groups in total. The van der Waals surface area contributed by atoms with Crippen LogP contribution < -0.4 is 5.73 Å². The zero-order valence-corrected chi connectivity index (χ0v) is 7.75. The molecule has 76 valence electrons. The van der Waals surface area contributed by atoms with Gasteiger partial charge >= 0.3 is 0 Å². The summed E-state index contributed by atoms with van der Waals surface area (Å²) < 4.78 is 0. The number of hydrogen-bond donors (Lipinski definition) is 1. The summed E-state index contributed by atoms with van der Waals surface area (Å²) in [6.45, 7) is 0. The summed E-state index contributed by atoms with van der Waals surface area (Å²) in [6.07, 6.45) is 6.60. The van der Waals surface area contributed by atoms with Crippen molar-refractivity contribution < 1.29 is 4.92 Å². The second-order valence-corrected chi connectivity index (χ2v) is 3.06. The standard InChI is InChI=1S/C9H8N4O2/c10-9-11-5-6-4-7(13(14)15)2-1-3-8(6)12-9/h1-2,4-5H,3H2,(H2,10,11,12). The highest BCUT2D eigenvalue weighted by atomic mass is 16.6. The second kappa shape index (κ2) is 3.49. The first kappa shape index (κ1) is 9.32. The first-order chi connectivity index (χ1) is 7.16. The van der Waals surface area contributed by atoms with Gasteiger partial charge in [-0.15, -0.1) is 0 Å². The molecule has 0 radical (unpaired) electrons. The van der Waals surface area contributed by atoms with Gasteiger partial charge in [0.2, 0.25) is 5.95 Å². The zero-order chi connectivity index (χ0) is 10.8. The topological polar surface area (TPSA) is 94.9 Å². The van der Waals surface area contributed by atoms with Crippen LogP contribution in [-0.4, -0.2) is 14.9 Å². The summed E-state index contributed by atoms with van der Waals surface area (Å²) in [5.74, 6) is 0.181. The van der Waals surface area contributed by atoms with E-state index in [1.807, 2.05) is 0 Å². The molecule has 1 aromatic rings. The maximum atomic E-state index is 10.6. The van der Waals surface area contributed by atoms with Gasteiger partial charge in [-0.25, -0.2) is 9.97 Å². The molecule has 0 fully saturated rings. The highest BCUT2D eigenvalue weighted by Gasteiger charge is 2.13. The monoisotopic (exact) mass is 204 g/mol. The summed E-state index contributed by atoms with van der Waals surface area (Å²) in [5.41, 5.74) is 6.80. The molecular formula is C9H8N4O2. The van der Waals surface area contributed by atoms with E-state index >= 15 is 0 Å². The molecule has 6 nitrogen and oxygen atoms in total. The average molecular weight is 204 g/mol. The molecule has 0 atom stereocenters. The first-order valence-corrected chi connectivity index (χ1v) is 4.31. The first-order valence-electron chi connectivity index (χ1n) is 4.31. The molecule has 1 aromatic heterocycles. The molecule has 0 aliphatic heterocycles. The fraction of sp³-hybridized carbons (Fsp3) is 0.111. The number of rotatable bonds is 1. The molecule has 0 amide bonds. The smallest absolute Gasteiger partial charge is 0.269 e. The van der Waals surface area contributed by atoms with Crippen LogP contribution in [0, 0.1) is 10.1 Å². The molecule has 6 heteroatoms. The van der Waals surface area contributed by atoms with Crippen molar-refractivity contribution in [1.82, 2.24) is 9.97 Å². The molecule has 1 heterocycles. The quantitative estimate of drug-likeness (QED) is 0.539. The molecule has 0 spiro atoms. The number of aromatic nitrogens is 2. The van der Waals surface area contributed by atoms with Crippen molar-refractivity contribution >= 4 is 12.0 Å². The highest BCUT2D eigenvalue weighted by Crippen LogP contribution is 2.17. The Morgan fingerprint density at radius 2 is 2.33 bits per heavy atom. The summed E-state index contributed by atoms with van der Waals surface area (Å²) in [6, 6.07) is 0. The summed E-state index contributed by atoms with van der Waals surface area (Å²) >= 11 is 0. The van der Waals surface area contributed by atoms with E-state index in [9.17, 15) is 10.1 Å². The number of nitro groups is 1. The van der Waals surface area contributed by atoms with E-state index < -0.39 is 4.92 Å². The number of hydrogen-bond acceptors (Lipinski definition) is 5. The minimum Gasteiger partial charge on any atom is -0.368 e. The van der Waals surface area contributed by atoms with Gasteiger partial charge in [0.1, 0.15) is 0 Å². The van der Waals surface area contributed by atoms with Crippen molar-refractivity contribution in [2.75, 3.05) is 5.73 Å². The van der Waals surface area contributed by atoms with Gasteiger partial charge in [-0.05, 0) is 0 Å². The normalized spacial score (nSPS) is 14.0. The van der Waals surface area contributed by atoms with Gasteiger partial charge in [-0.1, -0.05) is 6.08 Å². The average Bonchev–Trinajstić information content (AvgIpc) is 2.39. The van der Waals surface area contributed by atoms with E-state index in [2.05, 4.69) is 9.97 Å². The lowest BCUT2D eigenvalue weighted by Gasteiger charge is -2.00. The van der Waals surface area contributed by atoms with Gasteiger partial charge in [-0.2, -0.15) is 0 Å². The van der Waals surface area contributed by atoms with E-state index in [0.29, 0.717) is 17.7 Å². The molecule has 0 aromatic carbocycles. The van der Waals surface area contributed by atoms with Crippen LogP contribution in [0.4, 0.5) is 5.95 Å². The Balaban J connectivity index is 2.52. The van der Waals surface area contributed by atoms with Gasteiger partial charge in [0.15, 0.2) is 0 Å². The predicted octanol–water partition coefficient (Wildman–Crippen LogP) is 0.789. The van der Waals surface area contributed by atoms with Crippen molar-refractivity contribution in [2.24, 2.45) is 0 Å². The largest absolute Gasteiger partial charge is 0.368 e. The lowest BCUT2D eigenvalue weighted by molar-refractivity contribution is -0.417. The third-order valence-electron chi connectivity index (χ3n) is 2.03. The number of nitrogens with two attached hydrogens (primary N) is 1. The fourth-order valence-electron chi connectivity index (χ4n) is 1.34. The van der Waals surface area contributed by atoms with E-state index in [4.69, 9.17) is 5.73 Å². The summed E-state index contributed by atoms with van der Waals surface area (Å²) in [5, 5.41) is 10.6. The highest BCUT2D eigenvalue weighted by molar-refractivity contribution is 5.57. The Morgan fingerprint density at radius 1 is 1.53 bits per heavy atom. The molecule has 0 unspecified atom stereocenters. The van der Waals surface area contributed by atoms with E-state index in [-0.39, 0.29) is 11.6 Å². The Bertz CT molecular complexity index is 479. The van der Waals surface area contributed by atoms with Crippen LogP contribution in [0.5, 0.6) is 0 Å². The van der Waals surface area contributed by atoms with Crippen LogP contribution in [0.1, 0.15) is 11.3 Å². The van der Waals surface area contributed by atoms with Crippen LogP contribution in [0.25, 0.3) is 6.08 Å². The molecule has 0 saturated carbocycles. The summed E-state index contributed by atoms with van der Waals surface area (Å²) in [4.78, 5) is 18.0.